The molecule has 1 rings (SSSR count). The molecule has 0 spiro atoms. The molecule has 8 heteroatoms. The van der Waals surface area contributed by atoms with Crippen LogP contribution in [0, 0.1) is 10.1 Å². The molecular formula is C13H20N2O5S. The summed E-state index contributed by atoms with van der Waals surface area (Å²) in [5.74, 6) is 0.370. The molecule has 0 saturated heterocycles. The van der Waals surface area contributed by atoms with Crippen LogP contribution in [0.2, 0.25) is 0 Å². The number of hydrogen-bond donors (Lipinski definition) is 1. The minimum Gasteiger partial charge on any atom is -0.492 e. The normalized spacial score (nSPS) is 11.6. The van der Waals surface area contributed by atoms with E-state index in [1.165, 1.54) is 18.2 Å². The lowest BCUT2D eigenvalue weighted by atomic mass is 10.2. The van der Waals surface area contributed by atoms with Gasteiger partial charge in [-0.15, -0.1) is 0 Å². The summed E-state index contributed by atoms with van der Waals surface area (Å²) in [5.41, 5.74) is 0.594. The summed E-state index contributed by atoms with van der Waals surface area (Å²) in [4.78, 5) is 10.3. The van der Waals surface area contributed by atoms with Crippen LogP contribution in [-0.4, -0.2) is 38.0 Å². The Kier molecular flexibility index (Phi) is 6.10. The third kappa shape index (κ3) is 4.98. The molecule has 0 unspecified atom stereocenters. The van der Waals surface area contributed by atoms with E-state index in [0.717, 1.165) is 0 Å². The molecule has 0 radical (unpaired) electrons. The Bertz CT molecular complexity index is 599. The van der Waals surface area contributed by atoms with Crippen LogP contribution in [0.25, 0.3) is 0 Å². The molecule has 0 bridgehead atoms. The summed E-state index contributed by atoms with van der Waals surface area (Å²) in [5, 5.41) is 13.2. The molecule has 0 amide bonds. The first kappa shape index (κ1) is 17.4. The summed E-state index contributed by atoms with van der Waals surface area (Å²) < 4.78 is 28.9. The molecule has 0 atom stereocenters. The van der Waals surface area contributed by atoms with E-state index >= 15 is 0 Å². The summed E-state index contributed by atoms with van der Waals surface area (Å²) in [6.45, 7) is 3.66. The first-order valence-corrected chi connectivity index (χ1v) is 8.25. The van der Waals surface area contributed by atoms with Crippen LogP contribution in [0.1, 0.15) is 19.4 Å². The van der Waals surface area contributed by atoms with E-state index in [4.69, 9.17) is 4.74 Å². The highest BCUT2D eigenvalue weighted by molar-refractivity contribution is 7.91. The lowest BCUT2D eigenvalue weighted by Gasteiger charge is -2.12. The summed E-state index contributed by atoms with van der Waals surface area (Å²) >= 11 is 0. The quantitative estimate of drug-likeness (QED) is 0.576. The lowest BCUT2D eigenvalue weighted by molar-refractivity contribution is -0.384. The molecular weight excluding hydrogens is 296 g/mol. The van der Waals surface area contributed by atoms with Gasteiger partial charge in [0, 0.05) is 24.2 Å². The van der Waals surface area contributed by atoms with Gasteiger partial charge in [-0.1, -0.05) is 0 Å². The first-order valence-electron chi connectivity index (χ1n) is 6.54. The zero-order valence-corrected chi connectivity index (χ0v) is 13.1. The van der Waals surface area contributed by atoms with Gasteiger partial charge in [0.2, 0.25) is 0 Å². The Balaban J connectivity index is 2.81. The maximum atomic E-state index is 11.7. The predicted octanol–water partition coefficient (Wildman–Crippen LogP) is 1.52. The highest BCUT2D eigenvalue weighted by Crippen LogP contribution is 2.24. The van der Waals surface area contributed by atoms with Gasteiger partial charge >= 0.3 is 0 Å². The molecule has 0 aliphatic rings. The molecule has 0 aromatic heterocycles. The Labute approximate surface area is 124 Å². The Morgan fingerprint density at radius 3 is 2.57 bits per heavy atom. The second kappa shape index (κ2) is 7.37. The number of nitro benzene ring substituents is 1. The molecule has 0 heterocycles. The average molecular weight is 316 g/mol. The molecule has 0 aliphatic heterocycles. The van der Waals surface area contributed by atoms with E-state index in [0.29, 0.717) is 17.9 Å². The number of sulfone groups is 1. The van der Waals surface area contributed by atoms with Crippen molar-refractivity contribution < 1.29 is 18.1 Å². The molecule has 21 heavy (non-hydrogen) atoms. The fraction of sp³-hybridized carbons (Fsp3) is 0.538. The fourth-order valence-corrected chi connectivity index (χ4v) is 2.44. The minimum atomic E-state index is -3.16. The number of nitrogens with zero attached hydrogens (tertiary/aromatic N) is 1. The highest BCUT2D eigenvalue weighted by atomic mass is 32.2. The van der Waals surface area contributed by atoms with Crippen LogP contribution in [0.3, 0.4) is 0 Å². The van der Waals surface area contributed by atoms with Crippen molar-refractivity contribution >= 4 is 15.5 Å². The van der Waals surface area contributed by atoms with Crippen LogP contribution in [0.4, 0.5) is 5.69 Å². The molecule has 1 aromatic carbocycles. The predicted molar refractivity (Wildman–Crippen MR) is 80.3 cm³/mol. The largest absolute Gasteiger partial charge is 0.492 e. The number of ether oxygens (including phenoxy) is 1. The third-order valence-electron chi connectivity index (χ3n) is 2.97. The van der Waals surface area contributed by atoms with Crippen LogP contribution < -0.4 is 10.1 Å². The van der Waals surface area contributed by atoms with Crippen molar-refractivity contribution in [2.45, 2.75) is 25.6 Å². The molecule has 118 valence electrons. The number of benzene rings is 1. The van der Waals surface area contributed by atoms with Gasteiger partial charge in [0.25, 0.3) is 5.69 Å². The van der Waals surface area contributed by atoms with Crippen molar-refractivity contribution in [3.63, 3.8) is 0 Å². The molecule has 0 fully saturated rings. The van der Waals surface area contributed by atoms with Crippen molar-refractivity contribution in [1.82, 2.24) is 5.32 Å². The SMILES string of the molecule is CNCc1cc([N+](=O)[O-])ccc1OCCS(=O)(=O)C(C)C. The topological polar surface area (TPSA) is 98.5 Å². The summed E-state index contributed by atoms with van der Waals surface area (Å²) in [6, 6.07) is 4.25. The molecule has 1 aromatic rings. The van der Waals surface area contributed by atoms with Crippen LogP contribution in [0.5, 0.6) is 5.75 Å². The first-order chi connectivity index (χ1) is 9.77. The molecule has 0 saturated carbocycles. The summed E-state index contributed by atoms with van der Waals surface area (Å²) in [7, 11) is -1.45. The van der Waals surface area contributed by atoms with E-state index in [2.05, 4.69) is 5.32 Å². The lowest BCUT2D eigenvalue weighted by Crippen LogP contribution is -2.22. The fourth-order valence-electron chi connectivity index (χ4n) is 1.65. The Morgan fingerprint density at radius 1 is 1.38 bits per heavy atom. The maximum Gasteiger partial charge on any atom is 0.270 e. The van der Waals surface area contributed by atoms with Crippen LogP contribution in [-0.2, 0) is 16.4 Å². The van der Waals surface area contributed by atoms with Crippen LogP contribution >= 0.6 is 0 Å². The van der Waals surface area contributed by atoms with Gasteiger partial charge in [0.15, 0.2) is 9.84 Å². The molecule has 1 N–H and O–H groups in total. The van der Waals surface area contributed by atoms with Crippen molar-refractivity contribution in [2.75, 3.05) is 19.4 Å². The average Bonchev–Trinajstić information content (AvgIpc) is 2.40. The number of non-ortho nitro benzene ring substituents is 1. The second-order valence-corrected chi connectivity index (χ2v) is 7.52. The van der Waals surface area contributed by atoms with Gasteiger partial charge in [-0.3, -0.25) is 10.1 Å². The Hall–Kier alpha value is -1.67. The summed E-state index contributed by atoms with van der Waals surface area (Å²) in [6.07, 6.45) is 0. The maximum absolute atomic E-state index is 11.7. The van der Waals surface area contributed by atoms with Crippen molar-refractivity contribution in [1.29, 1.82) is 0 Å². The monoisotopic (exact) mass is 316 g/mol. The minimum absolute atomic E-state index is 0.0229. The second-order valence-electron chi connectivity index (χ2n) is 4.84. The van der Waals surface area contributed by atoms with E-state index in [-0.39, 0.29) is 18.0 Å². The zero-order chi connectivity index (χ0) is 16.0. The third-order valence-corrected chi connectivity index (χ3v) is 5.14. The number of nitrogens with one attached hydrogen (secondary N) is 1. The van der Waals surface area contributed by atoms with Crippen LogP contribution in [0.15, 0.2) is 18.2 Å². The van der Waals surface area contributed by atoms with Crippen molar-refractivity contribution in [2.24, 2.45) is 0 Å². The number of rotatable bonds is 8. The van der Waals surface area contributed by atoms with Gasteiger partial charge in [-0.05, 0) is 27.0 Å². The van der Waals surface area contributed by atoms with Crippen molar-refractivity contribution in [3.05, 3.63) is 33.9 Å². The van der Waals surface area contributed by atoms with Crippen molar-refractivity contribution in [3.8, 4) is 5.75 Å². The molecule has 0 aliphatic carbocycles. The van der Waals surface area contributed by atoms with Gasteiger partial charge < -0.3 is 10.1 Å². The van der Waals surface area contributed by atoms with Gasteiger partial charge in [-0.2, -0.15) is 0 Å². The Morgan fingerprint density at radius 2 is 2.05 bits per heavy atom. The van der Waals surface area contributed by atoms with Gasteiger partial charge in [0.05, 0.1) is 15.9 Å². The van der Waals surface area contributed by atoms with Gasteiger partial charge in [0.1, 0.15) is 12.4 Å². The zero-order valence-electron chi connectivity index (χ0n) is 12.3. The van der Waals surface area contributed by atoms with Gasteiger partial charge in [-0.25, -0.2) is 8.42 Å². The number of hydrogen-bond acceptors (Lipinski definition) is 6. The van der Waals surface area contributed by atoms with E-state index in [1.54, 1.807) is 20.9 Å². The smallest absolute Gasteiger partial charge is 0.270 e. The highest BCUT2D eigenvalue weighted by Gasteiger charge is 2.17. The van der Waals surface area contributed by atoms with E-state index < -0.39 is 20.0 Å². The standard InChI is InChI=1S/C13H20N2O5S/c1-10(2)21(18,19)7-6-20-13-5-4-12(15(16)17)8-11(13)9-14-3/h4-5,8,10,14H,6-7,9H2,1-3H3. The molecule has 7 nitrogen and oxygen atoms in total. The number of nitro groups is 1. The van der Waals surface area contributed by atoms with E-state index in [1.807, 2.05) is 0 Å². The van der Waals surface area contributed by atoms with E-state index in [9.17, 15) is 18.5 Å².